The van der Waals surface area contributed by atoms with E-state index in [0.717, 1.165) is 0 Å². The molecule has 1 aliphatic rings. The zero-order valence-electron chi connectivity index (χ0n) is 23.8. The van der Waals surface area contributed by atoms with Crippen LogP contribution in [0.4, 0.5) is 5.69 Å². The molecule has 0 aromatic heterocycles. The first kappa shape index (κ1) is 30.4. The molecule has 222 valence electrons. The molecule has 10 heteroatoms. The predicted molar refractivity (Wildman–Crippen MR) is 173 cm³/mol. The molecule has 0 atom stereocenters. The van der Waals surface area contributed by atoms with Gasteiger partial charge in [0.25, 0.3) is 5.91 Å². The van der Waals surface area contributed by atoms with Gasteiger partial charge in [0.05, 0.1) is 23.1 Å². The number of piperazine rings is 1. The Morgan fingerprint density at radius 1 is 0.814 bits per heavy atom. The summed E-state index contributed by atoms with van der Waals surface area (Å²) in [5.41, 5.74) is 3.29. The number of benzene rings is 4. The van der Waals surface area contributed by atoms with Crippen LogP contribution in [0.25, 0.3) is 0 Å². The molecule has 1 saturated heterocycles. The van der Waals surface area contributed by atoms with Gasteiger partial charge in [0.15, 0.2) is 5.11 Å². The third-order valence-electron chi connectivity index (χ3n) is 7.28. The lowest BCUT2D eigenvalue weighted by atomic mass is 9.96. The SMILES string of the molecule is CCOc1ccccc1C(=O)NC(=S)Nc1ccc(S(=O)(=O)N2CCN(C(c3ccccc3)c3ccccc3)CC2)cc1. The van der Waals surface area contributed by atoms with Crippen molar-refractivity contribution < 1.29 is 17.9 Å². The average Bonchev–Trinajstić information content (AvgIpc) is 3.03. The van der Waals surface area contributed by atoms with E-state index in [4.69, 9.17) is 17.0 Å². The summed E-state index contributed by atoms with van der Waals surface area (Å²) in [7, 11) is -3.69. The second-order valence-corrected chi connectivity index (χ2v) is 12.4. The number of carbonyl (C=O) groups is 1. The summed E-state index contributed by atoms with van der Waals surface area (Å²) in [6.45, 7) is 4.26. The van der Waals surface area contributed by atoms with Crippen LogP contribution in [-0.4, -0.2) is 61.4 Å². The third kappa shape index (κ3) is 7.29. The normalized spacial score (nSPS) is 14.3. The zero-order chi connectivity index (χ0) is 30.2. The highest BCUT2D eigenvalue weighted by atomic mass is 32.2. The standard InChI is InChI=1S/C33H34N4O4S2/c1-2-41-30-16-10-9-15-29(30)32(38)35-33(42)34-27-17-19-28(20-18-27)43(39,40)37-23-21-36(22-24-37)31(25-11-5-3-6-12-25)26-13-7-4-8-14-26/h3-20,31H,2,21-24H2,1H3,(H2,34,35,38,42). The molecule has 1 heterocycles. The van der Waals surface area contributed by atoms with Gasteiger partial charge in [-0.15, -0.1) is 0 Å². The van der Waals surface area contributed by atoms with Gasteiger partial charge in [0.1, 0.15) is 5.75 Å². The van der Waals surface area contributed by atoms with Gasteiger partial charge in [-0.25, -0.2) is 8.42 Å². The highest BCUT2D eigenvalue weighted by molar-refractivity contribution is 7.89. The lowest BCUT2D eigenvalue weighted by Crippen LogP contribution is -2.49. The van der Waals surface area contributed by atoms with Crippen molar-refractivity contribution in [1.29, 1.82) is 0 Å². The summed E-state index contributed by atoms with van der Waals surface area (Å²) >= 11 is 5.32. The molecule has 4 aromatic rings. The molecule has 0 unspecified atom stereocenters. The largest absolute Gasteiger partial charge is 0.493 e. The Balaban J connectivity index is 1.21. The minimum atomic E-state index is -3.69. The van der Waals surface area contributed by atoms with Crippen molar-refractivity contribution in [3.63, 3.8) is 0 Å². The van der Waals surface area contributed by atoms with Crippen molar-refractivity contribution >= 4 is 38.9 Å². The number of ether oxygens (including phenoxy) is 1. The van der Waals surface area contributed by atoms with Crippen LogP contribution in [-0.2, 0) is 10.0 Å². The molecule has 1 fully saturated rings. The van der Waals surface area contributed by atoms with Gasteiger partial charge in [-0.2, -0.15) is 4.31 Å². The fraction of sp³-hybridized carbons (Fsp3) is 0.212. The second-order valence-electron chi connectivity index (χ2n) is 10.0. The van der Waals surface area contributed by atoms with Crippen molar-refractivity contribution in [3.05, 3.63) is 126 Å². The van der Waals surface area contributed by atoms with Gasteiger partial charge in [0.2, 0.25) is 10.0 Å². The van der Waals surface area contributed by atoms with E-state index in [9.17, 15) is 13.2 Å². The van der Waals surface area contributed by atoms with E-state index in [1.54, 1.807) is 52.8 Å². The molecule has 1 aliphatic heterocycles. The van der Waals surface area contributed by atoms with E-state index in [-0.39, 0.29) is 16.0 Å². The van der Waals surface area contributed by atoms with Gasteiger partial charge < -0.3 is 10.1 Å². The van der Waals surface area contributed by atoms with E-state index in [2.05, 4.69) is 39.8 Å². The summed E-state index contributed by atoms with van der Waals surface area (Å²) in [6.07, 6.45) is 0. The lowest BCUT2D eigenvalue weighted by Gasteiger charge is -2.39. The molecule has 0 aliphatic carbocycles. The highest BCUT2D eigenvalue weighted by Crippen LogP contribution is 2.30. The summed E-state index contributed by atoms with van der Waals surface area (Å²) in [4.78, 5) is 15.3. The Labute approximate surface area is 258 Å². The molecule has 1 amide bonds. The van der Waals surface area contributed by atoms with Gasteiger partial charge >= 0.3 is 0 Å². The van der Waals surface area contributed by atoms with Crippen LogP contribution in [0.5, 0.6) is 5.75 Å². The summed E-state index contributed by atoms with van der Waals surface area (Å²) < 4.78 is 34.1. The molecule has 8 nitrogen and oxygen atoms in total. The molecule has 0 spiro atoms. The maximum absolute atomic E-state index is 13.5. The topological polar surface area (TPSA) is 91.0 Å². The maximum Gasteiger partial charge on any atom is 0.261 e. The third-order valence-corrected chi connectivity index (χ3v) is 9.39. The number of carbonyl (C=O) groups excluding carboxylic acids is 1. The van der Waals surface area contributed by atoms with Crippen LogP contribution < -0.4 is 15.4 Å². The van der Waals surface area contributed by atoms with Crippen LogP contribution in [0.3, 0.4) is 0 Å². The molecule has 5 rings (SSSR count). The monoisotopic (exact) mass is 614 g/mol. The maximum atomic E-state index is 13.5. The van der Waals surface area contributed by atoms with Gasteiger partial charge in [-0.05, 0) is 66.7 Å². The first-order chi connectivity index (χ1) is 20.9. The fourth-order valence-electron chi connectivity index (χ4n) is 5.21. The Morgan fingerprint density at radius 2 is 1.37 bits per heavy atom. The molecule has 0 radical (unpaired) electrons. The van der Waals surface area contributed by atoms with Gasteiger partial charge in [0, 0.05) is 31.9 Å². The van der Waals surface area contributed by atoms with E-state index < -0.39 is 15.9 Å². The number of hydrogen-bond acceptors (Lipinski definition) is 6. The molecular formula is C33H34N4O4S2. The first-order valence-corrected chi connectivity index (χ1v) is 16.0. The summed E-state index contributed by atoms with van der Waals surface area (Å²) in [5.74, 6) is 0.0676. The quantitative estimate of drug-likeness (QED) is 0.247. The van der Waals surface area contributed by atoms with Crippen molar-refractivity contribution in [2.45, 2.75) is 17.9 Å². The van der Waals surface area contributed by atoms with Crippen LogP contribution in [0.1, 0.15) is 34.5 Å². The number of sulfonamides is 1. The number of hydrogen-bond donors (Lipinski definition) is 2. The smallest absolute Gasteiger partial charge is 0.261 e. The summed E-state index contributed by atoms with van der Waals surface area (Å²) in [6, 6.07) is 34.0. The van der Waals surface area contributed by atoms with Crippen molar-refractivity contribution in [1.82, 2.24) is 14.5 Å². The van der Waals surface area contributed by atoms with E-state index >= 15 is 0 Å². The average molecular weight is 615 g/mol. The predicted octanol–water partition coefficient (Wildman–Crippen LogP) is 5.31. The molecule has 43 heavy (non-hydrogen) atoms. The van der Waals surface area contributed by atoms with Crippen LogP contribution in [0.15, 0.2) is 114 Å². The van der Waals surface area contributed by atoms with Crippen LogP contribution in [0.2, 0.25) is 0 Å². The van der Waals surface area contributed by atoms with E-state index in [1.807, 2.05) is 43.3 Å². The fourth-order valence-corrected chi connectivity index (χ4v) is 6.85. The highest BCUT2D eigenvalue weighted by Gasteiger charge is 2.32. The Morgan fingerprint density at radius 3 is 1.95 bits per heavy atom. The lowest BCUT2D eigenvalue weighted by molar-refractivity contribution is 0.0974. The van der Waals surface area contributed by atoms with Crippen LogP contribution >= 0.6 is 12.2 Å². The summed E-state index contributed by atoms with van der Waals surface area (Å²) in [5, 5.41) is 5.68. The van der Waals surface area contributed by atoms with Crippen molar-refractivity contribution in [3.8, 4) is 5.75 Å². The molecule has 0 saturated carbocycles. The van der Waals surface area contributed by atoms with Crippen molar-refractivity contribution in [2.24, 2.45) is 0 Å². The van der Waals surface area contributed by atoms with E-state index in [0.29, 0.717) is 49.8 Å². The zero-order valence-corrected chi connectivity index (χ0v) is 25.5. The number of anilines is 1. The minimum absolute atomic E-state index is 0.0505. The number of amides is 1. The number of nitrogens with zero attached hydrogens (tertiary/aromatic N) is 2. The van der Waals surface area contributed by atoms with E-state index in [1.165, 1.54) is 11.1 Å². The van der Waals surface area contributed by atoms with Crippen molar-refractivity contribution in [2.75, 3.05) is 38.1 Å². The molecule has 0 bridgehead atoms. The minimum Gasteiger partial charge on any atom is -0.493 e. The van der Waals surface area contributed by atoms with Gasteiger partial charge in [-0.1, -0.05) is 72.8 Å². The Bertz CT molecular complexity index is 1600. The molecular weight excluding hydrogens is 581 g/mol. The Hall–Kier alpha value is -4.09. The Kier molecular flexibility index (Phi) is 9.83. The first-order valence-electron chi connectivity index (χ1n) is 14.1. The number of rotatable bonds is 9. The molecule has 2 N–H and O–H groups in total. The number of thiocarbonyl (C=S) groups is 1. The van der Waals surface area contributed by atoms with Crippen LogP contribution in [0, 0.1) is 0 Å². The van der Waals surface area contributed by atoms with Gasteiger partial charge in [-0.3, -0.25) is 15.0 Å². The number of para-hydroxylation sites is 1. The number of nitrogens with one attached hydrogen (secondary N) is 2. The second kappa shape index (κ2) is 13.9. The molecule has 4 aromatic carbocycles.